The topological polar surface area (TPSA) is 62.2 Å². The number of halogens is 3. The smallest absolute Gasteiger partial charge is 0.256 e. The van der Waals surface area contributed by atoms with E-state index in [2.05, 4.69) is 15.0 Å². The van der Waals surface area contributed by atoms with Crippen molar-refractivity contribution in [3.05, 3.63) is 59.0 Å². The van der Waals surface area contributed by atoms with Gasteiger partial charge >= 0.3 is 0 Å². The predicted octanol–water partition coefficient (Wildman–Crippen LogP) is 2.92. The van der Waals surface area contributed by atoms with Crippen LogP contribution in [0.1, 0.15) is 10.4 Å². The van der Waals surface area contributed by atoms with Crippen LogP contribution in [0, 0.1) is 11.6 Å². The maximum absolute atomic E-state index is 13.9. The molecule has 1 aromatic carbocycles. The van der Waals surface area contributed by atoms with Gasteiger partial charge in [0.15, 0.2) is 11.0 Å². The molecule has 0 aliphatic carbocycles. The number of amides is 1. The normalized spacial score (nSPS) is 14.6. The van der Waals surface area contributed by atoms with Crippen LogP contribution in [0.2, 0.25) is 5.15 Å². The van der Waals surface area contributed by atoms with Crippen LogP contribution in [0.15, 0.2) is 36.7 Å². The zero-order valence-corrected chi connectivity index (χ0v) is 14.8. The largest absolute Gasteiger partial charge is 0.350 e. The van der Waals surface area contributed by atoms with Crippen LogP contribution in [0.4, 0.5) is 14.6 Å². The van der Waals surface area contributed by atoms with Gasteiger partial charge in [-0.05, 0) is 18.2 Å². The Morgan fingerprint density at radius 2 is 1.81 bits per heavy atom. The third-order valence-corrected chi connectivity index (χ3v) is 4.69. The fourth-order valence-electron chi connectivity index (χ4n) is 3.03. The highest BCUT2D eigenvalue weighted by Crippen LogP contribution is 2.25. The second-order valence-corrected chi connectivity index (χ2v) is 6.46. The maximum Gasteiger partial charge on any atom is 0.256 e. The Bertz CT molecular complexity index is 1020. The van der Waals surface area contributed by atoms with E-state index in [9.17, 15) is 13.6 Å². The fourth-order valence-corrected chi connectivity index (χ4v) is 3.28. The molecule has 2 aromatic heterocycles. The Hall–Kier alpha value is -2.87. The molecule has 4 rings (SSSR count). The van der Waals surface area contributed by atoms with Crippen LogP contribution < -0.4 is 4.90 Å². The zero-order chi connectivity index (χ0) is 19.0. The number of hydrogen-bond donors (Lipinski definition) is 0. The molecule has 0 bridgehead atoms. The lowest BCUT2D eigenvalue weighted by Gasteiger charge is -2.35. The first kappa shape index (κ1) is 17.5. The van der Waals surface area contributed by atoms with Crippen molar-refractivity contribution in [2.75, 3.05) is 31.1 Å². The molecule has 0 saturated carbocycles. The minimum Gasteiger partial charge on any atom is -0.350 e. The van der Waals surface area contributed by atoms with Gasteiger partial charge in [0, 0.05) is 38.4 Å². The number of pyridine rings is 1. The van der Waals surface area contributed by atoms with Gasteiger partial charge < -0.3 is 9.80 Å². The standard InChI is InChI=1S/C18H14ClF2N5O/c19-16-17(24-14-3-4-22-10-15(14)23-16)25-5-7-26(8-6-25)18(27)12-2-1-11(20)9-13(12)21/h1-4,9-10H,5-8H2. The van der Waals surface area contributed by atoms with Gasteiger partial charge in [-0.25, -0.2) is 18.7 Å². The van der Waals surface area contributed by atoms with Crippen molar-refractivity contribution < 1.29 is 13.6 Å². The summed E-state index contributed by atoms with van der Waals surface area (Å²) >= 11 is 6.26. The molecule has 3 aromatic rings. The van der Waals surface area contributed by atoms with Crippen molar-refractivity contribution in [2.45, 2.75) is 0 Å². The number of piperazine rings is 1. The van der Waals surface area contributed by atoms with Gasteiger partial charge in [0.05, 0.1) is 17.3 Å². The van der Waals surface area contributed by atoms with Crippen LogP contribution in [0.25, 0.3) is 11.0 Å². The molecule has 1 fully saturated rings. The molecule has 27 heavy (non-hydrogen) atoms. The van der Waals surface area contributed by atoms with Crippen molar-refractivity contribution in [3.63, 3.8) is 0 Å². The lowest BCUT2D eigenvalue weighted by molar-refractivity contribution is 0.0741. The van der Waals surface area contributed by atoms with E-state index in [-0.39, 0.29) is 10.7 Å². The first-order chi connectivity index (χ1) is 13.0. The molecule has 138 valence electrons. The van der Waals surface area contributed by atoms with E-state index in [1.54, 1.807) is 18.5 Å². The molecule has 0 spiro atoms. The van der Waals surface area contributed by atoms with Crippen molar-refractivity contribution >= 4 is 34.4 Å². The number of anilines is 1. The van der Waals surface area contributed by atoms with Crippen molar-refractivity contribution in [1.29, 1.82) is 0 Å². The lowest BCUT2D eigenvalue weighted by atomic mass is 10.1. The molecule has 0 radical (unpaired) electrons. The van der Waals surface area contributed by atoms with Gasteiger partial charge in [-0.1, -0.05) is 11.6 Å². The second-order valence-electron chi connectivity index (χ2n) is 6.11. The van der Waals surface area contributed by atoms with E-state index in [4.69, 9.17) is 11.6 Å². The van der Waals surface area contributed by atoms with E-state index in [1.165, 1.54) is 11.0 Å². The Kier molecular flexibility index (Phi) is 4.57. The van der Waals surface area contributed by atoms with Crippen LogP contribution in [-0.4, -0.2) is 51.9 Å². The molecule has 1 amide bonds. The Morgan fingerprint density at radius 1 is 1.04 bits per heavy atom. The summed E-state index contributed by atoms with van der Waals surface area (Å²) in [4.78, 5) is 28.8. The molecule has 0 N–H and O–H groups in total. The van der Waals surface area contributed by atoms with E-state index in [1.807, 2.05) is 4.90 Å². The van der Waals surface area contributed by atoms with E-state index >= 15 is 0 Å². The molecule has 1 saturated heterocycles. The summed E-state index contributed by atoms with van der Waals surface area (Å²) in [5, 5.41) is 0.264. The molecule has 3 heterocycles. The van der Waals surface area contributed by atoms with E-state index in [0.717, 1.165) is 6.07 Å². The summed E-state index contributed by atoms with van der Waals surface area (Å²) in [6, 6.07) is 4.70. The Morgan fingerprint density at radius 3 is 2.56 bits per heavy atom. The van der Waals surface area contributed by atoms with Crippen LogP contribution >= 0.6 is 11.6 Å². The van der Waals surface area contributed by atoms with Gasteiger partial charge in [-0.3, -0.25) is 9.78 Å². The average Bonchev–Trinajstić information content (AvgIpc) is 2.67. The number of benzene rings is 1. The summed E-state index contributed by atoms with van der Waals surface area (Å²) < 4.78 is 26.9. The number of rotatable bonds is 2. The van der Waals surface area contributed by atoms with Gasteiger partial charge in [-0.15, -0.1) is 0 Å². The minimum absolute atomic E-state index is 0.138. The molecule has 1 aliphatic rings. The van der Waals surface area contributed by atoms with E-state index in [0.29, 0.717) is 49.1 Å². The highest BCUT2D eigenvalue weighted by atomic mass is 35.5. The third-order valence-electron chi connectivity index (χ3n) is 4.44. The highest BCUT2D eigenvalue weighted by Gasteiger charge is 2.26. The van der Waals surface area contributed by atoms with Crippen LogP contribution in [-0.2, 0) is 0 Å². The van der Waals surface area contributed by atoms with Crippen molar-refractivity contribution in [3.8, 4) is 0 Å². The van der Waals surface area contributed by atoms with Crippen LogP contribution in [0.5, 0.6) is 0 Å². The third kappa shape index (κ3) is 3.40. The maximum atomic E-state index is 13.9. The summed E-state index contributed by atoms with van der Waals surface area (Å²) in [6.07, 6.45) is 3.22. The number of aromatic nitrogens is 3. The molecule has 9 heteroatoms. The van der Waals surface area contributed by atoms with Gasteiger partial charge in [0.1, 0.15) is 17.2 Å². The first-order valence-electron chi connectivity index (χ1n) is 8.29. The average molecular weight is 390 g/mol. The Labute approximate surface area is 158 Å². The van der Waals surface area contributed by atoms with Gasteiger partial charge in [-0.2, -0.15) is 0 Å². The van der Waals surface area contributed by atoms with Crippen molar-refractivity contribution in [1.82, 2.24) is 19.9 Å². The summed E-state index contributed by atoms with van der Waals surface area (Å²) in [5.41, 5.74) is 1.14. The lowest BCUT2D eigenvalue weighted by Crippen LogP contribution is -2.49. The number of hydrogen-bond acceptors (Lipinski definition) is 5. The Balaban J connectivity index is 1.50. The van der Waals surface area contributed by atoms with Crippen molar-refractivity contribution in [2.24, 2.45) is 0 Å². The summed E-state index contributed by atoms with van der Waals surface area (Å²) in [5.74, 6) is -1.50. The van der Waals surface area contributed by atoms with Crippen LogP contribution in [0.3, 0.4) is 0 Å². The molecular weight excluding hydrogens is 376 g/mol. The molecule has 1 aliphatic heterocycles. The number of carbonyl (C=O) groups is 1. The monoisotopic (exact) mass is 389 g/mol. The molecule has 0 atom stereocenters. The molecule has 0 unspecified atom stereocenters. The SMILES string of the molecule is O=C(c1ccc(F)cc1F)N1CCN(c2nc3ccncc3nc2Cl)CC1. The fraction of sp³-hybridized carbons (Fsp3) is 0.222. The number of nitrogens with zero attached hydrogens (tertiary/aromatic N) is 5. The minimum atomic E-state index is -0.862. The summed E-state index contributed by atoms with van der Waals surface area (Å²) in [6.45, 7) is 1.67. The van der Waals surface area contributed by atoms with Gasteiger partial charge in [0.25, 0.3) is 5.91 Å². The quantitative estimate of drug-likeness (QED) is 0.674. The predicted molar refractivity (Wildman–Crippen MR) is 96.8 cm³/mol. The van der Waals surface area contributed by atoms with Gasteiger partial charge in [0.2, 0.25) is 0 Å². The number of fused-ring (bicyclic) bond motifs is 1. The molecule has 6 nitrogen and oxygen atoms in total. The zero-order valence-electron chi connectivity index (χ0n) is 14.1. The second kappa shape index (κ2) is 7.03. The molecular formula is C18H14ClF2N5O. The van der Waals surface area contributed by atoms with E-state index < -0.39 is 17.5 Å². The summed E-state index contributed by atoms with van der Waals surface area (Å²) in [7, 11) is 0. The highest BCUT2D eigenvalue weighted by molar-refractivity contribution is 6.32. The first-order valence-corrected chi connectivity index (χ1v) is 8.67. The number of carbonyl (C=O) groups excluding carboxylic acids is 1.